The van der Waals surface area contributed by atoms with Gasteiger partial charge in [-0.15, -0.1) is 0 Å². The van der Waals surface area contributed by atoms with Crippen LogP contribution in [0.25, 0.3) is 10.9 Å². The van der Waals surface area contributed by atoms with Crippen molar-refractivity contribution in [3.05, 3.63) is 75.7 Å². The van der Waals surface area contributed by atoms with Gasteiger partial charge in [0.1, 0.15) is 17.2 Å². The number of amides is 2. The molecule has 0 spiro atoms. The fourth-order valence-corrected chi connectivity index (χ4v) is 4.02. The molecule has 4 rings (SSSR count). The van der Waals surface area contributed by atoms with E-state index >= 15 is 4.39 Å². The molecule has 186 valence electrons. The van der Waals surface area contributed by atoms with Crippen LogP contribution < -0.4 is 25.8 Å². The molecule has 0 unspecified atom stereocenters. The number of halogens is 3. The summed E-state index contributed by atoms with van der Waals surface area (Å²) < 4.78 is 26.1. The van der Waals surface area contributed by atoms with Gasteiger partial charge in [0.2, 0.25) is 5.91 Å². The van der Waals surface area contributed by atoms with Gasteiger partial charge in [-0.1, -0.05) is 29.3 Å². The van der Waals surface area contributed by atoms with Gasteiger partial charge in [-0.3, -0.25) is 9.59 Å². The van der Waals surface area contributed by atoms with Crippen LogP contribution in [0.3, 0.4) is 0 Å². The number of ether oxygens (including phenoxy) is 2. The number of rotatable bonds is 7. The van der Waals surface area contributed by atoms with Crippen molar-refractivity contribution < 1.29 is 23.5 Å². The number of aromatic amines is 1. The molecule has 0 saturated heterocycles. The molecular formula is C25H21Cl2FN4O4. The molecule has 4 aromatic rings. The summed E-state index contributed by atoms with van der Waals surface area (Å²) in [5.74, 6) is -1.16. The lowest BCUT2D eigenvalue weighted by atomic mass is 10.1. The van der Waals surface area contributed by atoms with Crippen LogP contribution in [0.2, 0.25) is 10.0 Å². The molecule has 0 bridgehead atoms. The molecule has 0 saturated carbocycles. The van der Waals surface area contributed by atoms with Crippen LogP contribution in [0.15, 0.2) is 48.5 Å². The summed E-state index contributed by atoms with van der Waals surface area (Å²) >= 11 is 12.1. The van der Waals surface area contributed by atoms with E-state index in [1.54, 1.807) is 18.2 Å². The van der Waals surface area contributed by atoms with E-state index in [2.05, 4.69) is 15.6 Å². The summed E-state index contributed by atoms with van der Waals surface area (Å²) in [7, 11) is 1.51. The van der Waals surface area contributed by atoms with E-state index in [9.17, 15) is 9.59 Å². The summed E-state index contributed by atoms with van der Waals surface area (Å²) in [6.07, 6.45) is 0. The number of H-pyrrole nitrogens is 1. The molecule has 36 heavy (non-hydrogen) atoms. The number of carbonyl (C=O) groups is 2. The molecule has 1 aromatic heterocycles. The number of aromatic nitrogens is 1. The second-order valence-corrected chi connectivity index (χ2v) is 8.67. The molecule has 0 atom stereocenters. The summed E-state index contributed by atoms with van der Waals surface area (Å²) in [6.45, 7) is 1.15. The second-order valence-electron chi connectivity index (χ2n) is 7.82. The van der Waals surface area contributed by atoms with E-state index in [1.165, 1.54) is 44.4 Å². The molecule has 0 aliphatic carbocycles. The van der Waals surface area contributed by atoms with E-state index in [4.69, 9.17) is 38.4 Å². The number of carbonyl (C=O) groups excluding carboxylic acids is 2. The lowest BCUT2D eigenvalue weighted by molar-refractivity contribution is -0.114. The minimum absolute atomic E-state index is 0.0265. The third-order valence-electron chi connectivity index (χ3n) is 5.22. The minimum Gasteiger partial charge on any atom is -0.497 e. The zero-order chi connectivity index (χ0) is 26.0. The number of anilines is 2. The number of hydrogen-bond acceptors (Lipinski definition) is 5. The van der Waals surface area contributed by atoms with E-state index in [0.717, 1.165) is 0 Å². The Morgan fingerprint density at radius 3 is 2.56 bits per heavy atom. The fourth-order valence-electron chi connectivity index (χ4n) is 3.60. The van der Waals surface area contributed by atoms with Gasteiger partial charge in [-0.05, 0) is 36.4 Å². The number of nitrogens with one attached hydrogen (secondary N) is 3. The first-order chi connectivity index (χ1) is 17.2. The Balaban J connectivity index is 1.60. The Morgan fingerprint density at radius 1 is 1.08 bits per heavy atom. The van der Waals surface area contributed by atoms with Crippen LogP contribution in [0.1, 0.15) is 23.0 Å². The third kappa shape index (κ3) is 5.32. The van der Waals surface area contributed by atoms with Gasteiger partial charge < -0.3 is 30.8 Å². The number of hydrogen-bond donors (Lipinski definition) is 4. The SMILES string of the molecule is COc1ccc2[nH]c(C(=O)NCc3ccc(Cl)c(Oc4cc(N)cc(Cl)c4)c3F)c(NC(C)=O)c2c1. The van der Waals surface area contributed by atoms with Gasteiger partial charge in [0, 0.05) is 46.7 Å². The van der Waals surface area contributed by atoms with Crippen molar-refractivity contribution >= 4 is 57.3 Å². The van der Waals surface area contributed by atoms with Gasteiger partial charge in [-0.25, -0.2) is 4.39 Å². The third-order valence-corrected chi connectivity index (χ3v) is 5.73. The molecule has 3 aromatic carbocycles. The summed E-state index contributed by atoms with van der Waals surface area (Å²) in [5.41, 5.74) is 7.23. The lowest BCUT2D eigenvalue weighted by Gasteiger charge is -2.13. The van der Waals surface area contributed by atoms with E-state index < -0.39 is 11.7 Å². The molecule has 8 nitrogen and oxygen atoms in total. The average molecular weight is 531 g/mol. The van der Waals surface area contributed by atoms with Gasteiger partial charge in [0.25, 0.3) is 5.91 Å². The topological polar surface area (TPSA) is 118 Å². The van der Waals surface area contributed by atoms with Crippen LogP contribution >= 0.6 is 23.2 Å². The summed E-state index contributed by atoms with van der Waals surface area (Å²) in [5, 5.41) is 6.26. The molecule has 2 amide bonds. The smallest absolute Gasteiger partial charge is 0.270 e. The average Bonchev–Trinajstić information content (AvgIpc) is 3.17. The number of nitrogen functional groups attached to an aromatic ring is 1. The van der Waals surface area contributed by atoms with Crippen molar-refractivity contribution in [1.82, 2.24) is 10.3 Å². The van der Waals surface area contributed by atoms with E-state index in [1.807, 2.05) is 0 Å². The van der Waals surface area contributed by atoms with Crippen LogP contribution in [-0.2, 0) is 11.3 Å². The Kier molecular flexibility index (Phi) is 7.23. The number of benzene rings is 3. The molecular weight excluding hydrogens is 510 g/mol. The highest BCUT2D eigenvalue weighted by Crippen LogP contribution is 2.36. The maximum atomic E-state index is 15.3. The Hall–Kier alpha value is -3.95. The van der Waals surface area contributed by atoms with Crippen LogP contribution in [0.4, 0.5) is 15.8 Å². The molecule has 0 aliphatic heterocycles. The first kappa shape index (κ1) is 25.2. The van der Waals surface area contributed by atoms with Gasteiger partial charge in [-0.2, -0.15) is 0 Å². The predicted octanol–water partition coefficient (Wildman–Crippen LogP) is 5.89. The van der Waals surface area contributed by atoms with Gasteiger partial charge in [0.15, 0.2) is 11.6 Å². The minimum atomic E-state index is -0.759. The number of methoxy groups -OCH3 is 1. The van der Waals surface area contributed by atoms with Crippen molar-refractivity contribution in [3.63, 3.8) is 0 Å². The maximum Gasteiger partial charge on any atom is 0.270 e. The molecule has 0 radical (unpaired) electrons. The van der Waals surface area contributed by atoms with Crippen molar-refractivity contribution in [2.45, 2.75) is 13.5 Å². The van der Waals surface area contributed by atoms with E-state index in [0.29, 0.717) is 27.4 Å². The molecule has 0 aliphatic rings. The number of fused-ring (bicyclic) bond motifs is 1. The van der Waals surface area contributed by atoms with E-state index in [-0.39, 0.29) is 45.9 Å². The normalized spacial score (nSPS) is 10.8. The van der Waals surface area contributed by atoms with Crippen molar-refractivity contribution in [1.29, 1.82) is 0 Å². The molecule has 1 heterocycles. The second kappa shape index (κ2) is 10.3. The Morgan fingerprint density at radius 2 is 1.86 bits per heavy atom. The zero-order valence-electron chi connectivity index (χ0n) is 19.2. The van der Waals surface area contributed by atoms with Gasteiger partial charge in [0.05, 0.1) is 17.8 Å². The van der Waals surface area contributed by atoms with Crippen LogP contribution in [0, 0.1) is 5.82 Å². The summed E-state index contributed by atoms with van der Waals surface area (Å²) in [6, 6.07) is 12.5. The highest BCUT2D eigenvalue weighted by atomic mass is 35.5. The van der Waals surface area contributed by atoms with Crippen LogP contribution in [0.5, 0.6) is 17.2 Å². The first-order valence-electron chi connectivity index (χ1n) is 10.6. The highest BCUT2D eigenvalue weighted by molar-refractivity contribution is 6.32. The molecule has 11 heteroatoms. The Bertz CT molecular complexity index is 1470. The zero-order valence-corrected chi connectivity index (χ0v) is 20.7. The highest BCUT2D eigenvalue weighted by Gasteiger charge is 2.21. The summed E-state index contributed by atoms with van der Waals surface area (Å²) in [4.78, 5) is 27.8. The molecule has 0 fully saturated rings. The maximum absolute atomic E-state index is 15.3. The lowest BCUT2D eigenvalue weighted by Crippen LogP contribution is -2.25. The molecule has 5 N–H and O–H groups in total. The quantitative estimate of drug-likeness (QED) is 0.222. The van der Waals surface area contributed by atoms with Crippen molar-refractivity contribution in [2.75, 3.05) is 18.2 Å². The van der Waals surface area contributed by atoms with Crippen molar-refractivity contribution in [2.24, 2.45) is 0 Å². The van der Waals surface area contributed by atoms with Gasteiger partial charge >= 0.3 is 0 Å². The Labute approximate surface area is 215 Å². The first-order valence-corrected chi connectivity index (χ1v) is 11.4. The standard InChI is InChI=1S/C25H21Cl2FN4O4/c1-12(33)31-22-18-10-16(35-2)4-6-20(18)32-23(22)25(34)30-11-13-3-5-19(27)24(21(13)28)36-17-8-14(26)7-15(29)9-17/h3-10,32H,11,29H2,1-2H3,(H,30,34)(H,31,33). The predicted molar refractivity (Wildman–Crippen MR) is 138 cm³/mol. The van der Waals surface area contributed by atoms with Crippen molar-refractivity contribution in [3.8, 4) is 17.2 Å². The number of nitrogens with two attached hydrogens (primary N) is 1. The van der Waals surface area contributed by atoms with Crippen LogP contribution in [-0.4, -0.2) is 23.9 Å². The largest absolute Gasteiger partial charge is 0.497 e. The fraction of sp³-hybridized carbons (Fsp3) is 0.120. The monoisotopic (exact) mass is 530 g/mol.